The summed E-state index contributed by atoms with van der Waals surface area (Å²) in [4.78, 5) is 25.4. The molecule has 3 aromatic carbocycles. The van der Waals surface area contributed by atoms with Crippen molar-refractivity contribution in [2.45, 2.75) is 52.0 Å². The maximum absolute atomic E-state index is 13.4. The number of carbonyl (C=O) groups is 2. The zero-order valence-corrected chi connectivity index (χ0v) is 21.0. The van der Waals surface area contributed by atoms with Crippen molar-refractivity contribution >= 4 is 17.5 Å². The van der Waals surface area contributed by atoms with Gasteiger partial charge in [-0.25, -0.2) is 0 Å². The maximum atomic E-state index is 13.4. The highest BCUT2D eigenvalue weighted by atomic mass is 16.7. The number of nitrogens with one attached hydrogen (secondary N) is 2. The van der Waals surface area contributed by atoms with E-state index in [4.69, 9.17) is 9.47 Å². The largest absolute Gasteiger partial charge is 0.454 e. The van der Waals surface area contributed by atoms with Crippen LogP contribution in [0.4, 0.5) is 5.69 Å². The molecule has 5 rings (SSSR count). The van der Waals surface area contributed by atoms with Crippen LogP contribution >= 0.6 is 0 Å². The van der Waals surface area contributed by atoms with Crippen molar-refractivity contribution < 1.29 is 20.5 Å². The van der Waals surface area contributed by atoms with Gasteiger partial charge < -0.3 is 20.1 Å². The second-order valence-electron chi connectivity index (χ2n) is 9.86. The molecular weight excluding hydrogens is 452 g/mol. The zero-order valence-electron chi connectivity index (χ0n) is 21.0. The summed E-state index contributed by atoms with van der Waals surface area (Å²) in [6.45, 7) is 6.75. The second-order valence-corrected chi connectivity index (χ2v) is 9.86. The number of amides is 2. The van der Waals surface area contributed by atoms with E-state index in [-0.39, 0.29) is 26.0 Å². The highest BCUT2D eigenvalue weighted by Gasteiger charge is 2.51. The lowest BCUT2D eigenvalue weighted by Crippen LogP contribution is -2.28. The number of hydrogen-bond acceptors (Lipinski definition) is 4. The molecule has 1 fully saturated rings. The summed E-state index contributed by atoms with van der Waals surface area (Å²) in [7, 11) is 0. The fourth-order valence-corrected chi connectivity index (χ4v) is 4.58. The van der Waals surface area contributed by atoms with Gasteiger partial charge in [-0.2, -0.15) is 0 Å². The van der Waals surface area contributed by atoms with Gasteiger partial charge in [0.25, 0.3) is 0 Å². The van der Waals surface area contributed by atoms with E-state index < -0.39 is 5.41 Å². The molecule has 2 amide bonds. The molecular formula is C30H34N2O4. The van der Waals surface area contributed by atoms with Crippen LogP contribution in [0.2, 0.25) is 0 Å². The molecule has 2 aliphatic rings. The Hall–Kier alpha value is -3.80. The average Bonchev–Trinajstić information content (AvgIpc) is 3.59. The van der Waals surface area contributed by atoms with Crippen molar-refractivity contribution in [1.82, 2.24) is 5.32 Å². The van der Waals surface area contributed by atoms with Gasteiger partial charge in [0.2, 0.25) is 18.6 Å². The van der Waals surface area contributed by atoms with E-state index in [2.05, 4.69) is 29.7 Å². The second kappa shape index (κ2) is 9.69. The third-order valence-electron chi connectivity index (χ3n) is 7.40. The van der Waals surface area contributed by atoms with Crippen molar-refractivity contribution in [2.75, 3.05) is 12.1 Å². The molecule has 1 unspecified atom stereocenters. The van der Waals surface area contributed by atoms with Crippen molar-refractivity contribution in [3.05, 3.63) is 77.4 Å². The predicted octanol–water partition coefficient (Wildman–Crippen LogP) is 5.97. The van der Waals surface area contributed by atoms with E-state index in [0.717, 1.165) is 58.5 Å². The number of fused-ring (bicyclic) bond motifs is 1. The Morgan fingerprint density at radius 1 is 1.00 bits per heavy atom. The van der Waals surface area contributed by atoms with Gasteiger partial charge in [0.1, 0.15) is 0 Å². The van der Waals surface area contributed by atoms with Crippen LogP contribution in [0.25, 0.3) is 11.1 Å². The molecule has 0 bridgehead atoms. The zero-order chi connectivity index (χ0) is 25.3. The lowest BCUT2D eigenvalue weighted by atomic mass is 9.94. The Morgan fingerprint density at radius 2 is 1.75 bits per heavy atom. The summed E-state index contributed by atoms with van der Waals surface area (Å²) >= 11 is 0. The Labute approximate surface area is 213 Å². The molecule has 1 saturated carbocycles. The summed E-state index contributed by atoms with van der Waals surface area (Å²) in [5.41, 5.74) is 5.53. The molecule has 2 N–H and O–H groups in total. The summed E-state index contributed by atoms with van der Waals surface area (Å²) < 4.78 is 10.9. The fourth-order valence-electron chi connectivity index (χ4n) is 4.58. The van der Waals surface area contributed by atoms with Crippen LogP contribution in [-0.2, 0) is 21.5 Å². The van der Waals surface area contributed by atoms with Crippen LogP contribution in [0.15, 0.2) is 60.7 Å². The first-order chi connectivity index (χ1) is 17.4. The van der Waals surface area contributed by atoms with Crippen LogP contribution in [-0.4, -0.2) is 18.6 Å². The fraction of sp³-hybridized carbons (Fsp3) is 0.333. The SMILES string of the molecule is CCC(C)C(=O)NCc1ccc(-c2cc(NC(=O)C3(c4ccc5c(c4)OCO5)CC3)ccc2C)cc1.[HH]. The predicted molar refractivity (Wildman–Crippen MR) is 142 cm³/mol. The van der Waals surface area contributed by atoms with Gasteiger partial charge in [-0.1, -0.05) is 50.2 Å². The van der Waals surface area contributed by atoms with E-state index in [9.17, 15) is 9.59 Å². The lowest BCUT2D eigenvalue weighted by Gasteiger charge is -2.17. The van der Waals surface area contributed by atoms with Gasteiger partial charge in [-0.3, -0.25) is 9.59 Å². The first-order valence-electron chi connectivity index (χ1n) is 12.6. The Morgan fingerprint density at radius 3 is 2.47 bits per heavy atom. The summed E-state index contributed by atoms with van der Waals surface area (Å²) in [5, 5.41) is 6.15. The number of carbonyl (C=O) groups excluding carboxylic acids is 2. The van der Waals surface area contributed by atoms with Gasteiger partial charge in [-0.05, 0) is 78.3 Å². The number of rotatable bonds is 8. The Balaban J connectivity index is 0.00000320. The van der Waals surface area contributed by atoms with E-state index >= 15 is 0 Å². The first kappa shape index (κ1) is 23.9. The molecule has 0 saturated heterocycles. The molecule has 36 heavy (non-hydrogen) atoms. The Bertz CT molecular complexity index is 1300. The molecule has 1 aliphatic heterocycles. The summed E-state index contributed by atoms with van der Waals surface area (Å²) in [6.07, 6.45) is 2.45. The van der Waals surface area contributed by atoms with E-state index in [1.54, 1.807) is 0 Å². The number of ether oxygens (including phenoxy) is 2. The molecule has 188 valence electrons. The van der Waals surface area contributed by atoms with E-state index in [0.29, 0.717) is 12.3 Å². The number of hydrogen-bond donors (Lipinski definition) is 2. The topological polar surface area (TPSA) is 76.7 Å². The first-order valence-corrected chi connectivity index (χ1v) is 12.6. The molecule has 0 aromatic heterocycles. The van der Waals surface area contributed by atoms with Crippen molar-refractivity contribution in [1.29, 1.82) is 0 Å². The minimum Gasteiger partial charge on any atom is -0.454 e. The van der Waals surface area contributed by atoms with Crippen LogP contribution in [0.1, 0.15) is 51.2 Å². The molecule has 0 radical (unpaired) electrons. The van der Waals surface area contributed by atoms with Gasteiger partial charge in [0, 0.05) is 19.6 Å². The van der Waals surface area contributed by atoms with E-state index in [1.807, 2.05) is 62.4 Å². The minimum atomic E-state index is -0.520. The van der Waals surface area contributed by atoms with Gasteiger partial charge in [0.05, 0.1) is 5.41 Å². The lowest BCUT2D eigenvalue weighted by molar-refractivity contribution is -0.124. The quantitative estimate of drug-likeness (QED) is 0.411. The highest BCUT2D eigenvalue weighted by molar-refractivity contribution is 6.02. The molecule has 1 atom stereocenters. The van der Waals surface area contributed by atoms with Crippen molar-refractivity contribution in [3.8, 4) is 22.6 Å². The normalized spacial score (nSPS) is 15.8. The number of aryl methyl sites for hydroxylation is 1. The molecule has 6 nitrogen and oxygen atoms in total. The van der Waals surface area contributed by atoms with Crippen LogP contribution < -0.4 is 20.1 Å². The number of benzene rings is 3. The molecule has 6 heteroatoms. The maximum Gasteiger partial charge on any atom is 0.235 e. The third-order valence-corrected chi connectivity index (χ3v) is 7.40. The number of anilines is 1. The minimum absolute atomic E-state index is 0. The molecule has 0 spiro atoms. The van der Waals surface area contributed by atoms with E-state index in [1.165, 1.54) is 0 Å². The van der Waals surface area contributed by atoms with Gasteiger partial charge in [-0.15, -0.1) is 0 Å². The van der Waals surface area contributed by atoms with Gasteiger partial charge in [0.15, 0.2) is 11.5 Å². The third kappa shape index (κ3) is 4.68. The molecule has 1 aliphatic carbocycles. The summed E-state index contributed by atoms with van der Waals surface area (Å²) in [6, 6.07) is 20.0. The highest BCUT2D eigenvalue weighted by Crippen LogP contribution is 2.51. The van der Waals surface area contributed by atoms with Crippen molar-refractivity contribution in [3.63, 3.8) is 0 Å². The van der Waals surface area contributed by atoms with Gasteiger partial charge >= 0.3 is 0 Å². The van der Waals surface area contributed by atoms with Crippen molar-refractivity contribution in [2.24, 2.45) is 5.92 Å². The van der Waals surface area contributed by atoms with Crippen LogP contribution in [0.5, 0.6) is 11.5 Å². The Kier molecular flexibility index (Phi) is 6.44. The standard InChI is InChI=1S/C30H32N2O4.H2/c1-4-19(2)28(33)31-17-21-6-8-22(9-7-21)25-16-24(11-5-20(25)3)32-29(34)30(13-14-30)23-10-12-26-27(15-23)36-18-35-26;/h5-12,15-16,19H,4,13-14,17-18H2,1-3H3,(H,31,33)(H,32,34);1H. The monoisotopic (exact) mass is 486 g/mol. The van der Waals surface area contributed by atoms with Crippen LogP contribution in [0, 0.1) is 12.8 Å². The van der Waals surface area contributed by atoms with Crippen LogP contribution in [0.3, 0.4) is 0 Å². The smallest absolute Gasteiger partial charge is 0.235 e. The molecule has 1 heterocycles. The summed E-state index contributed by atoms with van der Waals surface area (Å²) in [5.74, 6) is 1.53. The average molecular weight is 487 g/mol. The molecule has 3 aromatic rings.